The second-order valence-corrected chi connectivity index (χ2v) is 5.88. The SMILES string of the molecule is CC(Oc1c(C(=O)O)sc(Br)c1Br)C(=O)O. The Morgan fingerprint density at radius 3 is 2.38 bits per heavy atom. The van der Waals surface area contributed by atoms with Crippen molar-refractivity contribution in [1.29, 1.82) is 0 Å². The Hall–Kier alpha value is -0.600. The summed E-state index contributed by atoms with van der Waals surface area (Å²) in [4.78, 5) is 21.4. The number of aliphatic carboxylic acids is 1. The van der Waals surface area contributed by atoms with E-state index in [0.29, 0.717) is 8.26 Å². The summed E-state index contributed by atoms with van der Waals surface area (Å²) < 4.78 is 6.02. The summed E-state index contributed by atoms with van der Waals surface area (Å²) in [5.74, 6) is -2.30. The molecule has 1 aromatic heterocycles. The van der Waals surface area contributed by atoms with E-state index < -0.39 is 18.0 Å². The smallest absolute Gasteiger partial charge is 0.349 e. The molecule has 8 heteroatoms. The maximum atomic E-state index is 10.9. The van der Waals surface area contributed by atoms with Gasteiger partial charge in [0.1, 0.15) is 0 Å². The first-order valence-corrected chi connectivity index (χ1v) is 6.35. The first kappa shape index (κ1) is 13.5. The number of hydrogen-bond donors (Lipinski definition) is 2. The lowest BCUT2D eigenvalue weighted by molar-refractivity contribution is -0.144. The van der Waals surface area contributed by atoms with Crippen molar-refractivity contribution >= 4 is 55.1 Å². The maximum absolute atomic E-state index is 10.9. The van der Waals surface area contributed by atoms with E-state index >= 15 is 0 Å². The largest absolute Gasteiger partial charge is 0.479 e. The van der Waals surface area contributed by atoms with E-state index in [2.05, 4.69) is 31.9 Å². The molecule has 0 amide bonds. The lowest BCUT2D eigenvalue weighted by Gasteiger charge is -2.10. The average molecular weight is 374 g/mol. The molecule has 2 N–H and O–H groups in total. The Morgan fingerprint density at radius 2 is 1.94 bits per heavy atom. The molecule has 0 saturated heterocycles. The highest BCUT2D eigenvalue weighted by Gasteiger charge is 2.25. The predicted octanol–water partition coefficient (Wildman–Crippen LogP) is 2.82. The molecule has 0 bridgehead atoms. The average Bonchev–Trinajstić information content (AvgIpc) is 2.45. The van der Waals surface area contributed by atoms with Gasteiger partial charge in [-0.05, 0) is 38.8 Å². The van der Waals surface area contributed by atoms with Gasteiger partial charge in [0.05, 0.1) is 8.26 Å². The topological polar surface area (TPSA) is 83.8 Å². The van der Waals surface area contributed by atoms with Gasteiger partial charge in [0.25, 0.3) is 0 Å². The Balaban J connectivity index is 3.11. The van der Waals surface area contributed by atoms with Crippen LogP contribution in [0.2, 0.25) is 0 Å². The number of halogens is 2. The Morgan fingerprint density at radius 1 is 1.38 bits per heavy atom. The number of carbonyl (C=O) groups is 2. The highest BCUT2D eigenvalue weighted by atomic mass is 79.9. The molecule has 1 heterocycles. The molecular weight excluding hydrogens is 368 g/mol. The standard InChI is InChI=1S/C8H6Br2O5S/c1-2(7(11)12)15-4-3(9)6(10)16-5(4)8(13)14/h2H,1H3,(H,11,12)(H,13,14). The van der Waals surface area contributed by atoms with E-state index in [1.165, 1.54) is 6.92 Å². The quantitative estimate of drug-likeness (QED) is 0.847. The van der Waals surface area contributed by atoms with Gasteiger partial charge in [0, 0.05) is 0 Å². The maximum Gasteiger partial charge on any atom is 0.349 e. The Kier molecular flexibility index (Phi) is 4.34. The number of ether oxygens (including phenoxy) is 1. The predicted molar refractivity (Wildman–Crippen MR) is 64.4 cm³/mol. The van der Waals surface area contributed by atoms with Crippen LogP contribution in [0.15, 0.2) is 8.26 Å². The number of hydrogen-bond acceptors (Lipinski definition) is 4. The van der Waals surface area contributed by atoms with E-state index in [9.17, 15) is 9.59 Å². The van der Waals surface area contributed by atoms with Crippen LogP contribution in [0.5, 0.6) is 5.75 Å². The van der Waals surface area contributed by atoms with Gasteiger partial charge in [-0.1, -0.05) is 0 Å². The lowest BCUT2D eigenvalue weighted by atomic mass is 10.4. The molecule has 0 fully saturated rings. The second kappa shape index (κ2) is 5.15. The molecule has 0 saturated carbocycles. The Labute approximate surface area is 111 Å². The van der Waals surface area contributed by atoms with Gasteiger partial charge >= 0.3 is 11.9 Å². The molecule has 88 valence electrons. The van der Waals surface area contributed by atoms with Crippen LogP contribution in [0, 0.1) is 0 Å². The minimum absolute atomic E-state index is 0.0271. The number of aromatic carboxylic acids is 1. The molecule has 0 aliphatic carbocycles. The van der Waals surface area contributed by atoms with E-state index in [0.717, 1.165) is 11.3 Å². The van der Waals surface area contributed by atoms with Crippen LogP contribution in [0.25, 0.3) is 0 Å². The van der Waals surface area contributed by atoms with Crippen molar-refractivity contribution < 1.29 is 24.5 Å². The fourth-order valence-electron chi connectivity index (χ4n) is 0.843. The van der Waals surface area contributed by atoms with Crippen molar-refractivity contribution in [3.05, 3.63) is 13.1 Å². The molecule has 1 unspecified atom stereocenters. The third kappa shape index (κ3) is 2.74. The van der Waals surface area contributed by atoms with Crippen molar-refractivity contribution in [2.24, 2.45) is 0 Å². The van der Waals surface area contributed by atoms with Crippen molar-refractivity contribution in [3.8, 4) is 5.75 Å². The molecule has 1 atom stereocenters. The highest BCUT2D eigenvalue weighted by Crippen LogP contribution is 2.43. The first-order valence-electron chi connectivity index (χ1n) is 3.95. The van der Waals surface area contributed by atoms with Crippen molar-refractivity contribution in [3.63, 3.8) is 0 Å². The van der Waals surface area contributed by atoms with Gasteiger partial charge in [0.2, 0.25) is 0 Å². The third-order valence-corrected chi connectivity index (χ3v) is 4.99. The normalized spacial score (nSPS) is 12.2. The highest BCUT2D eigenvalue weighted by molar-refractivity contribution is 9.13. The number of rotatable bonds is 4. The fraction of sp³-hybridized carbons (Fsp3) is 0.250. The molecule has 0 radical (unpaired) electrons. The number of carboxylic acid groups (broad SMARTS) is 2. The minimum Gasteiger partial charge on any atom is -0.479 e. The molecule has 0 aliphatic rings. The molecule has 1 aromatic rings. The van der Waals surface area contributed by atoms with Gasteiger partial charge in [0.15, 0.2) is 16.7 Å². The molecule has 5 nitrogen and oxygen atoms in total. The summed E-state index contributed by atoms with van der Waals surface area (Å²) in [7, 11) is 0. The number of carboxylic acids is 2. The van der Waals surface area contributed by atoms with Crippen molar-refractivity contribution in [1.82, 2.24) is 0 Å². The van der Waals surface area contributed by atoms with Crippen LogP contribution < -0.4 is 4.74 Å². The molecule has 1 rings (SSSR count). The van der Waals surface area contributed by atoms with Crippen LogP contribution in [0.4, 0.5) is 0 Å². The molecular formula is C8H6Br2O5S. The van der Waals surface area contributed by atoms with Crippen LogP contribution in [0.1, 0.15) is 16.6 Å². The summed E-state index contributed by atoms with van der Waals surface area (Å²) in [6, 6.07) is 0. The lowest BCUT2D eigenvalue weighted by Crippen LogP contribution is -2.23. The van der Waals surface area contributed by atoms with Crippen LogP contribution in [-0.2, 0) is 4.79 Å². The van der Waals surface area contributed by atoms with Crippen LogP contribution >= 0.6 is 43.2 Å². The zero-order valence-corrected chi connectivity index (χ0v) is 11.8. The summed E-state index contributed by atoms with van der Waals surface area (Å²) in [5.41, 5.74) is 0. The summed E-state index contributed by atoms with van der Waals surface area (Å²) in [6.45, 7) is 1.33. The Bertz CT molecular complexity index is 442. The molecule has 0 spiro atoms. The summed E-state index contributed by atoms with van der Waals surface area (Å²) >= 11 is 7.23. The summed E-state index contributed by atoms with van der Waals surface area (Å²) in [6.07, 6.45) is -1.11. The monoisotopic (exact) mass is 372 g/mol. The molecule has 16 heavy (non-hydrogen) atoms. The minimum atomic E-state index is -1.16. The van der Waals surface area contributed by atoms with E-state index in [1.54, 1.807) is 0 Å². The molecule has 0 aromatic carbocycles. The van der Waals surface area contributed by atoms with Gasteiger partial charge in [-0.3, -0.25) is 0 Å². The fourth-order valence-corrected chi connectivity index (χ4v) is 2.87. The zero-order valence-electron chi connectivity index (χ0n) is 7.86. The van der Waals surface area contributed by atoms with E-state index in [1.807, 2.05) is 0 Å². The van der Waals surface area contributed by atoms with Crippen LogP contribution in [0.3, 0.4) is 0 Å². The van der Waals surface area contributed by atoms with Crippen molar-refractivity contribution in [2.75, 3.05) is 0 Å². The van der Waals surface area contributed by atoms with E-state index in [-0.39, 0.29) is 10.6 Å². The van der Waals surface area contributed by atoms with Crippen LogP contribution in [-0.4, -0.2) is 28.3 Å². The molecule has 0 aliphatic heterocycles. The third-order valence-electron chi connectivity index (χ3n) is 1.61. The second-order valence-electron chi connectivity index (χ2n) is 2.75. The van der Waals surface area contributed by atoms with Gasteiger partial charge in [-0.2, -0.15) is 0 Å². The zero-order chi connectivity index (χ0) is 12.5. The van der Waals surface area contributed by atoms with Gasteiger partial charge < -0.3 is 14.9 Å². The first-order chi connectivity index (χ1) is 7.34. The van der Waals surface area contributed by atoms with E-state index in [4.69, 9.17) is 14.9 Å². The van der Waals surface area contributed by atoms with Gasteiger partial charge in [-0.25, -0.2) is 9.59 Å². The van der Waals surface area contributed by atoms with Gasteiger partial charge in [-0.15, -0.1) is 11.3 Å². The van der Waals surface area contributed by atoms with Crippen molar-refractivity contribution in [2.45, 2.75) is 13.0 Å². The summed E-state index contributed by atoms with van der Waals surface area (Å²) in [5, 5.41) is 17.6. The number of thiophene rings is 1.